The minimum Gasteiger partial charge on any atom is -0.493 e. The summed E-state index contributed by atoms with van der Waals surface area (Å²) in [6, 6.07) is 8.77. The van der Waals surface area contributed by atoms with E-state index in [9.17, 15) is 0 Å². The summed E-state index contributed by atoms with van der Waals surface area (Å²) in [5, 5.41) is 3.34. The monoisotopic (exact) mass is 401 g/mol. The third kappa shape index (κ3) is 4.25. The maximum atomic E-state index is 6.00. The van der Waals surface area contributed by atoms with Crippen LogP contribution in [0, 0.1) is 0 Å². The molecule has 1 unspecified atom stereocenters. The molecule has 0 radical (unpaired) electrons. The molecule has 1 aromatic carbocycles. The van der Waals surface area contributed by atoms with Crippen molar-refractivity contribution in [1.29, 1.82) is 0 Å². The van der Waals surface area contributed by atoms with Gasteiger partial charge in [0.05, 0.1) is 6.61 Å². The molecule has 0 amide bonds. The topological polar surface area (TPSA) is 59.6 Å². The highest BCUT2D eigenvalue weighted by Gasteiger charge is 2.21. The van der Waals surface area contributed by atoms with Crippen LogP contribution >= 0.6 is 24.0 Å². The van der Waals surface area contributed by atoms with Crippen LogP contribution in [0.4, 0.5) is 0 Å². The fourth-order valence-corrected chi connectivity index (χ4v) is 3.14. The third-order valence-corrected chi connectivity index (χ3v) is 4.27. The van der Waals surface area contributed by atoms with E-state index in [-0.39, 0.29) is 24.0 Å². The van der Waals surface area contributed by atoms with E-state index >= 15 is 0 Å². The molecule has 0 spiro atoms. The second-order valence-corrected chi connectivity index (χ2v) is 5.72. The number of nitrogens with zero attached hydrogens (tertiary/aromatic N) is 1. The van der Waals surface area contributed by atoms with Crippen molar-refractivity contribution in [2.45, 2.75) is 44.1 Å². The molecule has 3 N–H and O–H groups in total. The van der Waals surface area contributed by atoms with Crippen molar-refractivity contribution in [3.63, 3.8) is 0 Å². The van der Waals surface area contributed by atoms with Gasteiger partial charge in [-0.15, -0.1) is 24.0 Å². The van der Waals surface area contributed by atoms with E-state index in [1.807, 2.05) is 12.1 Å². The fourth-order valence-electron chi connectivity index (χ4n) is 3.14. The van der Waals surface area contributed by atoms with E-state index in [1.54, 1.807) is 0 Å². The van der Waals surface area contributed by atoms with Crippen LogP contribution in [0.5, 0.6) is 5.75 Å². The molecule has 0 aromatic heterocycles. The van der Waals surface area contributed by atoms with Gasteiger partial charge in [0.2, 0.25) is 0 Å². The number of hydrogen-bond donors (Lipinski definition) is 2. The summed E-state index contributed by atoms with van der Waals surface area (Å²) >= 11 is 0. The second kappa shape index (κ2) is 7.87. The maximum Gasteiger partial charge on any atom is 0.188 e. The Morgan fingerprint density at radius 1 is 1.24 bits per heavy atom. The van der Waals surface area contributed by atoms with Crippen LogP contribution in [0.3, 0.4) is 0 Å². The first-order chi connectivity index (χ1) is 9.83. The molecule has 1 fully saturated rings. The minimum atomic E-state index is 0. The molecule has 5 heteroatoms. The van der Waals surface area contributed by atoms with Crippen LogP contribution in [-0.2, 0) is 0 Å². The zero-order valence-corrected chi connectivity index (χ0v) is 14.6. The van der Waals surface area contributed by atoms with E-state index in [0.29, 0.717) is 17.9 Å². The van der Waals surface area contributed by atoms with Gasteiger partial charge in [0.1, 0.15) is 5.75 Å². The summed E-state index contributed by atoms with van der Waals surface area (Å²) in [6.45, 7) is 1.51. The summed E-state index contributed by atoms with van der Waals surface area (Å²) in [7, 11) is 0. The lowest BCUT2D eigenvalue weighted by Crippen LogP contribution is -2.38. The zero-order valence-electron chi connectivity index (χ0n) is 12.3. The third-order valence-electron chi connectivity index (χ3n) is 4.27. The molecule has 1 heterocycles. The van der Waals surface area contributed by atoms with E-state index in [1.165, 1.54) is 31.2 Å². The Kier molecular flexibility index (Phi) is 6.14. The molecule has 0 saturated heterocycles. The molecule has 1 saturated carbocycles. The molecule has 4 nitrogen and oxygen atoms in total. The number of ether oxygens (including phenoxy) is 1. The summed E-state index contributed by atoms with van der Waals surface area (Å²) in [4.78, 5) is 4.54. The first kappa shape index (κ1) is 16.4. The molecule has 0 bridgehead atoms. The largest absolute Gasteiger partial charge is 0.493 e. The van der Waals surface area contributed by atoms with Crippen molar-refractivity contribution in [3.05, 3.63) is 29.8 Å². The molecular weight excluding hydrogens is 377 g/mol. The van der Waals surface area contributed by atoms with Crippen molar-refractivity contribution in [2.24, 2.45) is 10.7 Å². The number of nitrogens with two attached hydrogens (primary N) is 1. The van der Waals surface area contributed by atoms with Crippen LogP contribution < -0.4 is 15.8 Å². The summed E-state index contributed by atoms with van der Waals surface area (Å²) in [6.07, 6.45) is 6.06. The lowest BCUT2D eigenvalue weighted by Gasteiger charge is -2.24. The Morgan fingerprint density at radius 3 is 2.81 bits per heavy atom. The first-order valence-electron chi connectivity index (χ1n) is 7.61. The molecule has 1 aliphatic heterocycles. The quantitative estimate of drug-likeness (QED) is 0.465. The number of fused-ring (bicyclic) bond motifs is 1. The van der Waals surface area contributed by atoms with Crippen molar-refractivity contribution in [1.82, 2.24) is 5.32 Å². The van der Waals surface area contributed by atoms with Crippen molar-refractivity contribution in [2.75, 3.05) is 13.2 Å². The second-order valence-electron chi connectivity index (χ2n) is 5.72. The summed E-state index contributed by atoms with van der Waals surface area (Å²) in [5.41, 5.74) is 7.26. The Hall–Kier alpha value is -0.980. The Morgan fingerprint density at radius 2 is 2.00 bits per heavy atom. The number of para-hydroxylation sites is 1. The lowest BCUT2D eigenvalue weighted by atomic mass is 9.93. The number of halogens is 1. The van der Waals surface area contributed by atoms with Gasteiger partial charge in [0.25, 0.3) is 0 Å². The Labute approximate surface area is 143 Å². The van der Waals surface area contributed by atoms with E-state index < -0.39 is 0 Å². The Bertz CT molecular complexity index is 486. The molecule has 1 atom stereocenters. The molecule has 2 aliphatic rings. The van der Waals surface area contributed by atoms with Gasteiger partial charge in [-0.3, -0.25) is 4.99 Å². The SMILES string of the molecule is I.NC(=NCC1CCOc2ccccc21)NC1CCCC1. The van der Waals surface area contributed by atoms with Crippen molar-refractivity contribution in [3.8, 4) is 5.75 Å². The maximum absolute atomic E-state index is 6.00. The summed E-state index contributed by atoms with van der Waals surface area (Å²) < 4.78 is 5.67. The Balaban J connectivity index is 0.00000161. The normalized spacial score (nSPS) is 22.1. The van der Waals surface area contributed by atoms with Gasteiger partial charge >= 0.3 is 0 Å². The van der Waals surface area contributed by atoms with Gasteiger partial charge in [0.15, 0.2) is 5.96 Å². The van der Waals surface area contributed by atoms with Crippen LogP contribution in [0.2, 0.25) is 0 Å². The molecule has 1 aliphatic carbocycles. The number of rotatable bonds is 3. The number of nitrogens with one attached hydrogen (secondary N) is 1. The highest BCUT2D eigenvalue weighted by atomic mass is 127. The van der Waals surface area contributed by atoms with Crippen molar-refractivity contribution >= 4 is 29.9 Å². The number of aliphatic imine (C=N–C) groups is 1. The lowest BCUT2D eigenvalue weighted by molar-refractivity contribution is 0.269. The molecular formula is C16H24IN3O. The first-order valence-corrected chi connectivity index (χ1v) is 7.61. The summed E-state index contributed by atoms with van der Waals surface area (Å²) in [5.74, 6) is 2.02. The average molecular weight is 401 g/mol. The smallest absolute Gasteiger partial charge is 0.188 e. The van der Waals surface area contributed by atoms with Gasteiger partial charge in [-0.25, -0.2) is 0 Å². The zero-order chi connectivity index (χ0) is 13.8. The molecule has 116 valence electrons. The van der Waals surface area contributed by atoms with Crippen LogP contribution in [0.25, 0.3) is 0 Å². The van der Waals surface area contributed by atoms with E-state index in [0.717, 1.165) is 25.3 Å². The average Bonchev–Trinajstić information content (AvgIpc) is 2.98. The predicted octanol–water partition coefficient (Wildman–Crippen LogP) is 3.02. The van der Waals surface area contributed by atoms with Gasteiger partial charge < -0.3 is 15.8 Å². The van der Waals surface area contributed by atoms with E-state index in [2.05, 4.69) is 22.4 Å². The van der Waals surface area contributed by atoms with Crippen LogP contribution in [0.1, 0.15) is 43.6 Å². The molecule has 3 rings (SSSR count). The van der Waals surface area contributed by atoms with Crippen molar-refractivity contribution < 1.29 is 4.74 Å². The highest BCUT2D eigenvalue weighted by Crippen LogP contribution is 2.33. The van der Waals surface area contributed by atoms with Crippen LogP contribution in [-0.4, -0.2) is 25.2 Å². The molecule has 21 heavy (non-hydrogen) atoms. The highest BCUT2D eigenvalue weighted by molar-refractivity contribution is 14.0. The molecule has 1 aromatic rings. The van der Waals surface area contributed by atoms with Gasteiger partial charge in [-0.05, 0) is 30.9 Å². The predicted molar refractivity (Wildman–Crippen MR) is 96.6 cm³/mol. The van der Waals surface area contributed by atoms with E-state index in [4.69, 9.17) is 10.5 Å². The number of hydrogen-bond acceptors (Lipinski definition) is 2. The fraction of sp³-hybridized carbons (Fsp3) is 0.562. The standard InChI is InChI=1S/C16H23N3O.HI/c17-16(19-13-5-1-2-6-13)18-11-12-9-10-20-15-8-4-3-7-14(12)15;/h3-4,7-8,12-13H,1-2,5-6,9-11H2,(H3,17,18,19);1H. The number of guanidine groups is 1. The number of benzene rings is 1. The van der Waals surface area contributed by atoms with Gasteiger partial charge in [-0.2, -0.15) is 0 Å². The van der Waals surface area contributed by atoms with Crippen LogP contribution in [0.15, 0.2) is 29.3 Å². The van der Waals surface area contributed by atoms with Gasteiger partial charge in [0, 0.05) is 18.5 Å². The van der Waals surface area contributed by atoms with Gasteiger partial charge in [-0.1, -0.05) is 31.0 Å². The minimum absolute atomic E-state index is 0.